The van der Waals surface area contributed by atoms with Gasteiger partial charge in [0, 0.05) is 24.4 Å². The van der Waals surface area contributed by atoms with Gasteiger partial charge in [0.2, 0.25) is 11.8 Å². The molecule has 0 radical (unpaired) electrons. The quantitative estimate of drug-likeness (QED) is 0.474. The number of hydrogen-bond acceptors (Lipinski definition) is 3. The summed E-state index contributed by atoms with van der Waals surface area (Å²) in [6.45, 7) is 12.1. The lowest BCUT2D eigenvalue weighted by molar-refractivity contribution is -0.142. The molecule has 27 heavy (non-hydrogen) atoms. The maximum absolute atomic E-state index is 13.2. The summed E-state index contributed by atoms with van der Waals surface area (Å²) in [7, 11) is 0. The Kier molecular flexibility index (Phi) is 12.8. The zero-order valence-electron chi connectivity index (χ0n) is 18.1. The number of amides is 2. The van der Waals surface area contributed by atoms with Gasteiger partial charge in [0.1, 0.15) is 6.04 Å². The average molecular weight is 385 g/mol. The Balaban J connectivity index is 5.43. The van der Waals surface area contributed by atoms with Crippen LogP contribution >= 0.6 is 0 Å². The molecule has 158 valence electrons. The van der Waals surface area contributed by atoms with Gasteiger partial charge in [0.25, 0.3) is 0 Å². The Morgan fingerprint density at radius 2 is 1.48 bits per heavy atom. The molecule has 3 unspecified atom stereocenters. The second-order valence-electron chi connectivity index (χ2n) is 7.50. The monoisotopic (exact) mass is 384 g/mol. The highest BCUT2D eigenvalue weighted by Gasteiger charge is 2.32. The molecule has 0 saturated carbocycles. The highest BCUT2D eigenvalue weighted by molar-refractivity contribution is 5.89. The van der Waals surface area contributed by atoms with Gasteiger partial charge in [0.05, 0.1) is 0 Å². The number of carbonyl (C=O) groups is 3. The van der Waals surface area contributed by atoms with E-state index in [4.69, 9.17) is 5.11 Å². The van der Waals surface area contributed by atoms with Crippen LogP contribution in [0.5, 0.6) is 0 Å². The smallest absolute Gasteiger partial charge is 0.303 e. The van der Waals surface area contributed by atoms with Crippen molar-refractivity contribution >= 4 is 17.8 Å². The van der Waals surface area contributed by atoms with Crippen molar-refractivity contribution in [2.75, 3.05) is 0 Å². The first-order chi connectivity index (χ1) is 12.7. The summed E-state index contributed by atoms with van der Waals surface area (Å²) < 4.78 is 0. The standard InChI is InChI=1S/C21H40N2O4/c1-7-11-12-17(10-4)20(26)22-18(13-14-19(24)25)21(27)23(15(5)8-2)16(6)9-3/h15-18H,7-14H2,1-6H3,(H,22,26)(H,24,25)/t15?,16?,17?,18-/m0/s1. The van der Waals surface area contributed by atoms with E-state index in [2.05, 4.69) is 12.2 Å². The van der Waals surface area contributed by atoms with Gasteiger partial charge >= 0.3 is 5.97 Å². The molecule has 2 N–H and O–H groups in total. The van der Waals surface area contributed by atoms with Crippen molar-refractivity contribution in [3.8, 4) is 0 Å². The van der Waals surface area contributed by atoms with Crippen molar-refractivity contribution in [2.24, 2.45) is 5.92 Å². The molecule has 0 saturated heterocycles. The van der Waals surface area contributed by atoms with Crippen molar-refractivity contribution < 1.29 is 19.5 Å². The number of aliphatic carboxylic acids is 1. The van der Waals surface area contributed by atoms with Gasteiger partial charge in [-0.3, -0.25) is 14.4 Å². The highest BCUT2D eigenvalue weighted by Crippen LogP contribution is 2.18. The molecule has 2 amide bonds. The highest BCUT2D eigenvalue weighted by atomic mass is 16.4. The molecule has 0 fully saturated rings. The van der Waals surface area contributed by atoms with Crippen LogP contribution in [0.3, 0.4) is 0 Å². The van der Waals surface area contributed by atoms with Crippen LogP contribution < -0.4 is 5.32 Å². The summed E-state index contributed by atoms with van der Waals surface area (Å²) >= 11 is 0. The Bertz CT molecular complexity index is 457. The molecule has 0 heterocycles. The molecule has 0 bridgehead atoms. The van der Waals surface area contributed by atoms with Crippen molar-refractivity contribution in [1.82, 2.24) is 10.2 Å². The minimum Gasteiger partial charge on any atom is -0.481 e. The summed E-state index contributed by atoms with van der Waals surface area (Å²) in [5.41, 5.74) is 0. The van der Waals surface area contributed by atoms with E-state index >= 15 is 0 Å². The number of carboxylic acids is 1. The summed E-state index contributed by atoms with van der Waals surface area (Å²) in [4.78, 5) is 38.8. The van der Waals surface area contributed by atoms with Crippen LogP contribution in [0.2, 0.25) is 0 Å². The van der Waals surface area contributed by atoms with E-state index in [1.54, 1.807) is 0 Å². The number of carboxylic acid groups (broad SMARTS) is 1. The van der Waals surface area contributed by atoms with E-state index in [9.17, 15) is 14.4 Å². The molecule has 0 aromatic heterocycles. The number of carbonyl (C=O) groups excluding carboxylic acids is 2. The lowest BCUT2D eigenvalue weighted by Gasteiger charge is -2.37. The summed E-state index contributed by atoms with van der Waals surface area (Å²) in [5, 5.41) is 11.9. The molecular formula is C21H40N2O4. The predicted molar refractivity (Wildman–Crippen MR) is 108 cm³/mol. The normalized spacial score (nSPS) is 15.5. The summed E-state index contributed by atoms with van der Waals surface area (Å²) in [5.74, 6) is -1.40. The van der Waals surface area contributed by atoms with Crippen LogP contribution in [0.4, 0.5) is 0 Å². The molecule has 0 aliphatic rings. The average Bonchev–Trinajstić information content (AvgIpc) is 2.64. The van der Waals surface area contributed by atoms with Gasteiger partial charge in [-0.1, -0.05) is 40.5 Å². The van der Waals surface area contributed by atoms with Crippen LogP contribution in [0, 0.1) is 5.92 Å². The molecule has 6 nitrogen and oxygen atoms in total. The molecular weight excluding hydrogens is 344 g/mol. The largest absolute Gasteiger partial charge is 0.481 e. The number of nitrogens with zero attached hydrogens (tertiary/aromatic N) is 1. The molecule has 0 aromatic carbocycles. The van der Waals surface area contributed by atoms with Crippen LogP contribution in [0.1, 0.15) is 92.9 Å². The third-order valence-electron chi connectivity index (χ3n) is 5.42. The maximum atomic E-state index is 13.2. The molecule has 0 aromatic rings. The molecule has 0 aliphatic carbocycles. The Hall–Kier alpha value is -1.59. The van der Waals surface area contributed by atoms with Crippen molar-refractivity contribution in [3.63, 3.8) is 0 Å². The van der Waals surface area contributed by atoms with Crippen LogP contribution in [-0.2, 0) is 14.4 Å². The Morgan fingerprint density at radius 3 is 1.89 bits per heavy atom. The Labute approximate surface area is 165 Å². The molecule has 0 aliphatic heterocycles. The molecule has 6 heteroatoms. The SMILES string of the molecule is CCCCC(CC)C(=O)N[C@@H](CCC(=O)O)C(=O)N(C(C)CC)C(C)CC. The maximum Gasteiger partial charge on any atom is 0.303 e. The van der Waals surface area contributed by atoms with Crippen LogP contribution in [0.25, 0.3) is 0 Å². The third-order valence-corrected chi connectivity index (χ3v) is 5.42. The van der Waals surface area contributed by atoms with E-state index in [0.717, 1.165) is 32.1 Å². The Morgan fingerprint density at radius 1 is 0.926 bits per heavy atom. The van der Waals surface area contributed by atoms with Gasteiger partial charge in [-0.05, 0) is 46.0 Å². The van der Waals surface area contributed by atoms with E-state index in [0.29, 0.717) is 6.42 Å². The molecule has 0 rings (SSSR count). The van der Waals surface area contributed by atoms with Gasteiger partial charge in [-0.25, -0.2) is 0 Å². The fourth-order valence-corrected chi connectivity index (χ4v) is 3.23. The van der Waals surface area contributed by atoms with Gasteiger partial charge in [-0.2, -0.15) is 0 Å². The topological polar surface area (TPSA) is 86.7 Å². The second kappa shape index (κ2) is 13.6. The number of hydrogen-bond donors (Lipinski definition) is 2. The van der Waals surface area contributed by atoms with Crippen molar-refractivity contribution in [2.45, 2.75) is 111 Å². The van der Waals surface area contributed by atoms with Crippen molar-refractivity contribution in [3.05, 3.63) is 0 Å². The molecule has 0 spiro atoms. The fourth-order valence-electron chi connectivity index (χ4n) is 3.23. The lowest BCUT2D eigenvalue weighted by Crippen LogP contribution is -2.54. The second-order valence-corrected chi connectivity index (χ2v) is 7.50. The van der Waals surface area contributed by atoms with Gasteiger partial charge in [-0.15, -0.1) is 0 Å². The van der Waals surface area contributed by atoms with Gasteiger partial charge < -0.3 is 15.3 Å². The third kappa shape index (κ3) is 8.76. The van der Waals surface area contributed by atoms with Crippen LogP contribution in [-0.4, -0.2) is 45.9 Å². The first-order valence-corrected chi connectivity index (χ1v) is 10.6. The summed E-state index contributed by atoms with van der Waals surface area (Å²) in [6, 6.07) is -0.704. The van der Waals surface area contributed by atoms with E-state index < -0.39 is 12.0 Å². The predicted octanol–water partition coefficient (Wildman–Crippen LogP) is 3.98. The van der Waals surface area contributed by atoms with E-state index in [1.807, 2.05) is 39.5 Å². The number of nitrogens with one attached hydrogen (secondary N) is 1. The minimum atomic E-state index is -0.960. The fraction of sp³-hybridized carbons (Fsp3) is 0.857. The first-order valence-electron chi connectivity index (χ1n) is 10.6. The van der Waals surface area contributed by atoms with E-state index in [-0.39, 0.29) is 42.7 Å². The number of rotatable bonds is 14. The zero-order chi connectivity index (χ0) is 21.0. The lowest BCUT2D eigenvalue weighted by atomic mass is 9.97. The zero-order valence-corrected chi connectivity index (χ0v) is 18.1. The minimum absolute atomic E-state index is 0.0405. The number of unbranched alkanes of at least 4 members (excludes halogenated alkanes) is 1. The van der Waals surface area contributed by atoms with E-state index in [1.165, 1.54) is 0 Å². The molecule has 4 atom stereocenters. The van der Waals surface area contributed by atoms with Gasteiger partial charge in [0.15, 0.2) is 0 Å². The summed E-state index contributed by atoms with van der Waals surface area (Å²) in [6.07, 6.45) is 5.08. The first kappa shape index (κ1) is 25.4. The van der Waals surface area contributed by atoms with Crippen molar-refractivity contribution in [1.29, 1.82) is 0 Å². The van der Waals surface area contributed by atoms with Crippen LogP contribution in [0.15, 0.2) is 0 Å².